The Kier molecular flexibility index (Phi) is 6.31. The van der Waals surface area contributed by atoms with Gasteiger partial charge in [0.25, 0.3) is 0 Å². The van der Waals surface area contributed by atoms with Gasteiger partial charge < -0.3 is 24.1 Å². The lowest BCUT2D eigenvalue weighted by Crippen LogP contribution is -2.41. The minimum atomic E-state index is -0.469. The molecule has 2 aromatic rings. The number of carbonyl (C=O) groups excluding carboxylic acids is 1. The molecule has 1 aliphatic rings. The van der Waals surface area contributed by atoms with Gasteiger partial charge in [-0.05, 0) is 63.0 Å². The van der Waals surface area contributed by atoms with Crippen LogP contribution in [0, 0.1) is 0 Å². The number of hydrogen-bond acceptors (Lipinski definition) is 5. The van der Waals surface area contributed by atoms with Gasteiger partial charge in [0.2, 0.25) is 5.91 Å². The van der Waals surface area contributed by atoms with Gasteiger partial charge in [0.15, 0.2) is 0 Å². The molecule has 0 unspecified atom stereocenters. The second-order valence-electron chi connectivity index (χ2n) is 8.10. The van der Waals surface area contributed by atoms with Crippen molar-refractivity contribution in [2.24, 2.45) is 0 Å². The number of amides is 1. The molecule has 0 atom stereocenters. The molecule has 0 saturated carbocycles. The highest BCUT2D eigenvalue weighted by molar-refractivity contribution is 6.62. The summed E-state index contributed by atoms with van der Waals surface area (Å²) >= 11 is 0. The molecule has 2 aromatic carbocycles. The van der Waals surface area contributed by atoms with Crippen LogP contribution in [0.3, 0.4) is 0 Å². The zero-order valence-corrected chi connectivity index (χ0v) is 17.7. The summed E-state index contributed by atoms with van der Waals surface area (Å²) in [5.41, 5.74) is 1.69. The molecule has 0 aromatic heterocycles. The molecule has 0 bridgehead atoms. The predicted molar refractivity (Wildman–Crippen MR) is 113 cm³/mol. The normalized spacial score (nSPS) is 17.2. The summed E-state index contributed by atoms with van der Waals surface area (Å²) in [5, 5.41) is 2.86. The van der Waals surface area contributed by atoms with Gasteiger partial charge in [-0.25, -0.2) is 0 Å². The molecule has 3 rings (SSSR count). The minimum Gasteiger partial charge on any atom is -0.497 e. The Balaban J connectivity index is 1.52. The molecule has 0 radical (unpaired) electrons. The van der Waals surface area contributed by atoms with Gasteiger partial charge in [0, 0.05) is 5.69 Å². The highest BCUT2D eigenvalue weighted by atomic mass is 16.7. The molecule has 154 valence electrons. The fourth-order valence-electron chi connectivity index (χ4n) is 2.92. The molecule has 29 heavy (non-hydrogen) atoms. The Labute approximate surface area is 172 Å². The van der Waals surface area contributed by atoms with Gasteiger partial charge in [-0.2, -0.15) is 0 Å². The molecule has 1 fully saturated rings. The molecular weight excluding hydrogens is 369 g/mol. The van der Waals surface area contributed by atoms with E-state index in [4.69, 9.17) is 18.8 Å². The van der Waals surface area contributed by atoms with Gasteiger partial charge in [0.05, 0.1) is 24.9 Å². The van der Waals surface area contributed by atoms with E-state index in [0.29, 0.717) is 12.3 Å². The van der Waals surface area contributed by atoms with E-state index in [9.17, 15) is 4.79 Å². The summed E-state index contributed by atoms with van der Waals surface area (Å²) < 4.78 is 22.8. The molecule has 1 N–H and O–H groups in total. The molecule has 1 saturated heterocycles. The Morgan fingerprint density at radius 2 is 1.69 bits per heavy atom. The first-order valence-electron chi connectivity index (χ1n) is 9.66. The molecule has 0 aliphatic carbocycles. The van der Waals surface area contributed by atoms with E-state index in [2.05, 4.69) is 5.32 Å². The van der Waals surface area contributed by atoms with Gasteiger partial charge in [-0.3, -0.25) is 4.79 Å². The summed E-state index contributed by atoms with van der Waals surface area (Å²) in [5.74, 6) is 0.568. The second kappa shape index (κ2) is 8.57. The van der Waals surface area contributed by atoms with Crippen molar-refractivity contribution in [2.75, 3.05) is 19.0 Å². The number of rotatable bonds is 7. The molecule has 1 amide bonds. The maximum Gasteiger partial charge on any atom is 0.494 e. The number of carbonyl (C=O) groups is 1. The van der Waals surface area contributed by atoms with E-state index in [0.717, 1.165) is 16.8 Å². The van der Waals surface area contributed by atoms with Crippen molar-refractivity contribution in [3.63, 3.8) is 0 Å². The van der Waals surface area contributed by atoms with Gasteiger partial charge in [-0.15, -0.1) is 0 Å². The molecule has 1 heterocycles. The van der Waals surface area contributed by atoms with Crippen molar-refractivity contribution in [1.29, 1.82) is 0 Å². The highest BCUT2D eigenvalue weighted by Crippen LogP contribution is 2.36. The fraction of sp³-hybridized carbons (Fsp3) is 0.409. The smallest absolute Gasteiger partial charge is 0.494 e. The average molecular weight is 397 g/mol. The topological polar surface area (TPSA) is 66.0 Å². The molecule has 0 spiro atoms. The maximum atomic E-state index is 12.2. The number of benzene rings is 2. The maximum absolute atomic E-state index is 12.2. The van der Waals surface area contributed by atoms with Gasteiger partial charge in [-0.1, -0.05) is 24.3 Å². The van der Waals surface area contributed by atoms with E-state index in [1.165, 1.54) is 0 Å². The van der Waals surface area contributed by atoms with Crippen LogP contribution >= 0.6 is 0 Å². The first-order valence-corrected chi connectivity index (χ1v) is 9.66. The molecule has 6 nitrogen and oxygen atoms in total. The van der Waals surface area contributed by atoms with E-state index in [1.54, 1.807) is 7.11 Å². The first-order chi connectivity index (χ1) is 13.7. The molecule has 7 heteroatoms. The van der Waals surface area contributed by atoms with Crippen molar-refractivity contribution in [1.82, 2.24) is 0 Å². The average Bonchev–Trinajstić information content (AvgIpc) is 2.90. The number of hydrogen-bond donors (Lipinski definition) is 1. The summed E-state index contributed by atoms with van der Waals surface area (Å²) in [6.07, 6.45) is 0. The lowest BCUT2D eigenvalue weighted by Gasteiger charge is -2.32. The largest absolute Gasteiger partial charge is 0.497 e. The number of nitrogens with one attached hydrogen (secondary N) is 1. The van der Waals surface area contributed by atoms with Crippen LogP contribution in [0.25, 0.3) is 0 Å². The predicted octanol–water partition coefficient (Wildman–Crippen LogP) is 3.15. The zero-order chi connectivity index (χ0) is 21.1. The Morgan fingerprint density at radius 3 is 2.31 bits per heavy atom. The number of anilines is 1. The standard InChI is InChI=1S/C22H28BNO5/c1-21(2)22(3,4)29-23(28-21)17-7-6-8-18(13-17)24-20(25)15-27-14-16-9-11-19(26-5)12-10-16/h6-13H,14-15H2,1-5H3,(H,24,25). The lowest BCUT2D eigenvalue weighted by molar-refractivity contribution is -0.121. The van der Waals surface area contributed by atoms with E-state index >= 15 is 0 Å². The quantitative estimate of drug-likeness (QED) is 0.728. The van der Waals surface area contributed by atoms with Gasteiger partial charge >= 0.3 is 7.12 Å². The van der Waals surface area contributed by atoms with Crippen LogP contribution in [0.2, 0.25) is 0 Å². The number of methoxy groups -OCH3 is 1. The van der Waals surface area contributed by atoms with Crippen LogP contribution in [-0.2, 0) is 25.4 Å². The van der Waals surface area contributed by atoms with Crippen LogP contribution < -0.4 is 15.5 Å². The van der Waals surface area contributed by atoms with Crippen LogP contribution in [0.15, 0.2) is 48.5 Å². The Morgan fingerprint density at radius 1 is 1.03 bits per heavy atom. The van der Waals surface area contributed by atoms with E-state index in [1.807, 2.05) is 76.2 Å². The Bertz CT molecular complexity index is 835. The molecular formula is C22H28BNO5. The van der Waals surface area contributed by atoms with Crippen LogP contribution in [-0.4, -0.2) is 37.9 Å². The summed E-state index contributed by atoms with van der Waals surface area (Å²) in [7, 11) is 1.15. The van der Waals surface area contributed by atoms with Crippen molar-refractivity contribution in [3.05, 3.63) is 54.1 Å². The number of ether oxygens (including phenoxy) is 2. The summed E-state index contributed by atoms with van der Waals surface area (Å²) in [4.78, 5) is 12.2. The zero-order valence-electron chi connectivity index (χ0n) is 17.7. The first kappa shape index (κ1) is 21.4. The third-order valence-corrected chi connectivity index (χ3v) is 5.36. The monoisotopic (exact) mass is 397 g/mol. The Hall–Kier alpha value is -2.35. The molecule has 1 aliphatic heterocycles. The fourth-order valence-corrected chi connectivity index (χ4v) is 2.92. The van der Waals surface area contributed by atoms with Crippen LogP contribution in [0.5, 0.6) is 5.75 Å². The summed E-state index contributed by atoms with van der Waals surface area (Å²) in [6, 6.07) is 15.0. The van der Waals surface area contributed by atoms with Crippen molar-refractivity contribution < 1.29 is 23.6 Å². The van der Waals surface area contributed by atoms with Crippen molar-refractivity contribution >= 4 is 24.2 Å². The lowest BCUT2D eigenvalue weighted by atomic mass is 9.79. The van der Waals surface area contributed by atoms with Crippen molar-refractivity contribution in [3.8, 4) is 5.75 Å². The van der Waals surface area contributed by atoms with Crippen LogP contribution in [0.4, 0.5) is 5.69 Å². The van der Waals surface area contributed by atoms with Crippen molar-refractivity contribution in [2.45, 2.75) is 45.5 Å². The minimum absolute atomic E-state index is 0.0350. The highest BCUT2D eigenvalue weighted by Gasteiger charge is 2.51. The third-order valence-electron chi connectivity index (χ3n) is 5.36. The third kappa shape index (κ3) is 5.18. The van der Waals surface area contributed by atoms with Gasteiger partial charge in [0.1, 0.15) is 12.4 Å². The summed E-state index contributed by atoms with van der Waals surface area (Å²) in [6.45, 7) is 8.37. The van der Waals surface area contributed by atoms with E-state index < -0.39 is 18.3 Å². The van der Waals surface area contributed by atoms with Crippen LogP contribution in [0.1, 0.15) is 33.3 Å². The SMILES string of the molecule is COc1ccc(COCC(=O)Nc2cccc(B3OC(C)(C)C(C)(C)O3)c2)cc1. The van der Waals surface area contributed by atoms with E-state index in [-0.39, 0.29) is 12.5 Å². The second-order valence-corrected chi connectivity index (χ2v) is 8.10.